The molecule has 0 bridgehead atoms. The molecule has 1 aromatic rings. The van der Waals surface area contributed by atoms with Crippen LogP contribution in [0.3, 0.4) is 0 Å². The summed E-state index contributed by atoms with van der Waals surface area (Å²) in [6.07, 6.45) is 8.13. The van der Waals surface area contributed by atoms with Crippen LogP contribution in [-0.2, 0) is 0 Å². The van der Waals surface area contributed by atoms with E-state index in [4.69, 9.17) is 0 Å². The van der Waals surface area contributed by atoms with E-state index >= 15 is 0 Å². The third-order valence-electron chi connectivity index (χ3n) is 4.63. The van der Waals surface area contributed by atoms with Crippen molar-refractivity contribution in [3.63, 3.8) is 0 Å². The van der Waals surface area contributed by atoms with Gasteiger partial charge in [0.05, 0.1) is 0 Å². The van der Waals surface area contributed by atoms with Crippen molar-refractivity contribution < 1.29 is 4.39 Å². The third-order valence-corrected chi connectivity index (χ3v) is 4.63. The second-order valence-corrected chi connectivity index (χ2v) is 6.02. The van der Waals surface area contributed by atoms with Gasteiger partial charge in [0.25, 0.3) is 0 Å². The van der Waals surface area contributed by atoms with E-state index in [1.54, 1.807) is 6.07 Å². The van der Waals surface area contributed by atoms with Crippen molar-refractivity contribution in [1.82, 2.24) is 0 Å². The molecule has 0 saturated heterocycles. The fourth-order valence-electron chi connectivity index (χ4n) is 3.34. The summed E-state index contributed by atoms with van der Waals surface area (Å²) in [7, 11) is 0. The van der Waals surface area contributed by atoms with Crippen molar-refractivity contribution in [2.75, 3.05) is 5.32 Å². The molecule has 2 saturated carbocycles. The summed E-state index contributed by atoms with van der Waals surface area (Å²) in [5.74, 6) is 1.82. The summed E-state index contributed by atoms with van der Waals surface area (Å²) in [4.78, 5) is 0. The van der Waals surface area contributed by atoms with Gasteiger partial charge in [-0.2, -0.15) is 0 Å². The molecule has 0 radical (unpaired) electrons. The van der Waals surface area contributed by atoms with E-state index in [0.717, 1.165) is 23.1 Å². The predicted octanol–water partition coefficient (Wildman–Crippen LogP) is 4.51. The molecule has 2 heteroatoms. The standard InChI is InChI=1S/C16H22FN/c1-11-15(17)6-3-7-16(11)18-14-5-2-4-13(10-14)12-8-9-12/h3,6-7,12-14,18H,2,4-5,8-10H2,1H3. The van der Waals surface area contributed by atoms with Crippen LogP contribution in [0.15, 0.2) is 18.2 Å². The van der Waals surface area contributed by atoms with Gasteiger partial charge in [0, 0.05) is 17.3 Å². The molecule has 2 atom stereocenters. The van der Waals surface area contributed by atoms with E-state index in [-0.39, 0.29) is 5.82 Å². The highest BCUT2D eigenvalue weighted by Crippen LogP contribution is 2.44. The largest absolute Gasteiger partial charge is 0.382 e. The summed E-state index contributed by atoms with van der Waals surface area (Å²) in [6, 6.07) is 5.88. The van der Waals surface area contributed by atoms with Crippen molar-refractivity contribution in [2.24, 2.45) is 11.8 Å². The lowest BCUT2D eigenvalue weighted by Gasteiger charge is -2.31. The molecular formula is C16H22FN. The van der Waals surface area contributed by atoms with E-state index in [0.29, 0.717) is 6.04 Å². The van der Waals surface area contributed by atoms with Crippen molar-refractivity contribution in [3.8, 4) is 0 Å². The minimum absolute atomic E-state index is 0.102. The molecule has 3 rings (SSSR count). The van der Waals surface area contributed by atoms with E-state index in [1.807, 2.05) is 13.0 Å². The Kier molecular flexibility index (Phi) is 3.27. The predicted molar refractivity (Wildman–Crippen MR) is 73.2 cm³/mol. The average molecular weight is 247 g/mol. The van der Waals surface area contributed by atoms with Gasteiger partial charge in [-0.05, 0) is 56.6 Å². The van der Waals surface area contributed by atoms with Crippen LogP contribution in [0.25, 0.3) is 0 Å². The van der Waals surface area contributed by atoms with Crippen LogP contribution in [0.5, 0.6) is 0 Å². The highest BCUT2D eigenvalue weighted by atomic mass is 19.1. The Morgan fingerprint density at radius 1 is 1.11 bits per heavy atom. The zero-order valence-electron chi connectivity index (χ0n) is 11.1. The maximum atomic E-state index is 13.5. The molecule has 1 nitrogen and oxygen atoms in total. The zero-order valence-corrected chi connectivity index (χ0v) is 11.1. The number of benzene rings is 1. The molecule has 0 aromatic heterocycles. The molecule has 1 N–H and O–H groups in total. The van der Waals surface area contributed by atoms with E-state index in [2.05, 4.69) is 5.32 Å². The van der Waals surface area contributed by atoms with Crippen LogP contribution in [0.4, 0.5) is 10.1 Å². The summed E-state index contributed by atoms with van der Waals surface area (Å²) in [5.41, 5.74) is 1.74. The first-order valence-corrected chi connectivity index (χ1v) is 7.25. The van der Waals surface area contributed by atoms with Gasteiger partial charge in [-0.25, -0.2) is 4.39 Å². The van der Waals surface area contributed by atoms with Crippen molar-refractivity contribution in [1.29, 1.82) is 0 Å². The lowest BCUT2D eigenvalue weighted by molar-refractivity contribution is 0.303. The quantitative estimate of drug-likeness (QED) is 0.828. The number of hydrogen-bond acceptors (Lipinski definition) is 1. The second-order valence-electron chi connectivity index (χ2n) is 6.02. The summed E-state index contributed by atoms with van der Waals surface area (Å²) < 4.78 is 13.5. The Hall–Kier alpha value is -1.05. The molecule has 2 aliphatic carbocycles. The van der Waals surface area contributed by atoms with E-state index < -0.39 is 0 Å². The molecule has 2 fully saturated rings. The van der Waals surface area contributed by atoms with Gasteiger partial charge in [-0.15, -0.1) is 0 Å². The van der Waals surface area contributed by atoms with Crippen molar-refractivity contribution in [2.45, 2.75) is 51.5 Å². The summed E-state index contributed by atoms with van der Waals surface area (Å²) in [5, 5.41) is 3.56. The Bertz CT molecular complexity index is 425. The van der Waals surface area contributed by atoms with Crippen LogP contribution in [0, 0.1) is 24.6 Å². The first-order chi connectivity index (χ1) is 8.74. The average Bonchev–Trinajstić information content (AvgIpc) is 3.20. The smallest absolute Gasteiger partial charge is 0.128 e. The SMILES string of the molecule is Cc1c(F)cccc1NC1CCCC(C2CC2)C1. The van der Waals surface area contributed by atoms with Gasteiger partial charge in [0.2, 0.25) is 0 Å². The van der Waals surface area contributed by atoms with Crippen LogP contribution in [-0.4, -0.2) is 6.04 Å². The minimum atomic E-state index is -0.102. The number of halogens is 1. The molecule has 98 valence electrons. The maximum Gasteiger partial charge on any atom is 0.128 e. The molecule has 0 aliphatic heterocycles. The van der Waals surface area contributed by atoms with Crippen molar-refractivity contribution >= 4 is 5.69 Å². The molecule has 0 spiro atoms. The lowest BCUT2D eigenvalue weighted by Crippen LogP contribution is -2.28. The number of rotatable bonds is 3. The van der Waals surface area contributed by atoms with Gasteiger partial charge in [0.1, 0.15) is 5.82 Å². The van der Waals surface area contributed by atoms with Crippen LogP contribution >= 0.6 is 0 Å². The Labute approximate surface area is 109 Å². The highest BCUT2D eigenvalue weighted by molar-refractivity contribution is 5.51. The van der Waals surface area contributed by atoms with Gasteiger partial charge in [0.15, 0.2) is 0 Å². The van der Waals surface area contributed by atoms with Crippen LogP contribution < -0.4 is 5.32 Å². The third kappa shape index (κ3) is 2.52. The fraction of sp³-hybridized carbons (Fsp3) is 0.625. The molecule has 0 amide bonds. The van der Waals surface area contributed by atoms with Gasteiger partial charge < -0.3 is 5.32 Å². The molecule has 2 unspecified atom stereocenters. The second kappa shape index (κ2) is 4.91. The number of hydrogen-bond donors (Lipinski definition) is 1. The Morgan fingerprint density at radius 3 is 2.72 bits per heavy atom. The monoisotopic (exact) mass is 247 g/mol. The first kappa shape index (κ1) is 12.0. The molecule has 2 aliphatic rings. The fourth-order valence-corrected chi connectivity index (χ4v) is 3.34. The lowest BCUT2D eigenvalue weighted by atomic mass is 9.82. The van der Waals surface area contributed by atoms with E-state index in [1.165, 1.54) is 44.6 Å². The Balaban J connectivity index is 1.66. The minimum Gasteiger partial charge on any atom is -0.382 e. The molecule has 1 aromatic carbocycles. The van der Waals surface area contributed by atoms with Gasteiger partial charge in [-0.1, -0.05) is 18.9 Å². The van der Waals surface area contributed by atoms with Crippen LogP contribution in [0.2, 0.25) is 0 Å². The Morgan fingerprint density at radius 2 is 1.94 bits per heavy atom. The highest BCUT2D eigenvalue weighted by Gasteiger charge is 2.34. The first-order valence-electron chi connectivity index (χ1n) is 7.25. The molecule has 18 heavy (non-hydrogen) atoms. The van der Waals surface area contributed by atoms with Gasteiger partial charge >= 0.3 is 0 Å². The summed E-state index contributed by atoms with van der Waals surface area (Å²) >= 11 is 0. The van der Waals surface area contributed by atoms with Gasteiger partial charge in [-0.3, -0.25) is 0 Å². The van der Waals surface area contributed by atoms with Crippen LogP contribution in [0.1, 0.15) is 44.1 Å². The normalized spacial score (nSPS) is 28.1. The summed E-state index contributed by atoms with van der Waals surface area (Å²) in [6.45, 7) is 1.86. The maximum absolute atomic E-state index is 13.5. The zero-order chi connectivity index (χ0) is 12.5. The van der Waals surface area contributed by atoms with Crippen molar-refractivity contribution in [3.05, 3.63) is 29.6 Å². The topological polar surface area (TPSA) is 12.0 Å². The molecule has 0 heterocycles. The molecular weight excluding hydrogens is 225 g/mol. The number of anilines is 1. The van der Waals surface area contributed by atoms with E-state index in [9.17, 15) is 4.39 Å². The number of nitrogens with one attached hydrogen (secondary N) is 1.